The first-order valence-electron chi connectivity index (χ1n) is 3.77. The highest BCUT2D eigenvalue weighted by molar-refractivity contribution is 8.07. The van der Waals surface area contributed by atoms with E-state index in [-0.39, 0.29) is 4.90 Å². The molecule has 0 saturated carbocycles. The lowest BCUT2D eigenvalue weighted by molar-refractivity contribution is 0.591. The predicted octanol–water partition coefficient (Wildman–Crippen LogP) is 0.462. The van der Waals surface area contributed by atoms with E-state index in [4.69, 9.17) is 0 Å². The van der Waals surface area contributed by atoms with Crippen molar-refractivity contribution in [2.45, 2.75) is 4.90 Å². The number of benzene rings is 1. The van der Waals surface area contributed by atoms with E-state index >= 15 is 0 Å². The Kier molecular flexibility index (Phi) is 2.96. The standard InChI is InChI=1S/C8H10O4S2/c1-13(9,10)7-14(11,12)8-5-3-2-4-6-8/h2-6H,7H2,1H3. The quantitative estimate of drug-likeness (QED) is 0.762. The van der Waals surface area contributed by atoms with Crippen LogP contribution >= 0.6 is 0 Å². The number of rotatable bonds is 3. The van der Waals surface area contributed by atoms with Crippen molar-refractivity contribution in [2.75, 3.05) is 11.3 Å². The van der Waals surface area contributed by atoms with E-state index in [1.165, 1.54) is 12.1 Å². The lowest BCUT2D eigenvalue weighted by atomic mass is 10.4. The first kappa shape index (κ1) is 11.2. The number of sulfone groups is 2. The van der Waals surface area contributed by atoms with E-state index in [9.17, 15) is 16.8 Å². The smallest absolute Gasteiger partial charge is 0.192 e. The molecule has 0 fully saturated rings. The Morgan fingerprint density at radius 2 is 1.50 bits per heavy atom. The topological polar surface area (TPSA) is 68.3 Å². The van der Waals surface area contributed by atoms with E-state index in [0.717, 1.165) is 6.26 Å². The van der Waals surface area contributed by atoms with Crippen molar-refractivity contribution in [3.63, 3.8) is 0 Å². The van der Waals surface area contributed by atoms with Crippen LogP contribution in [0.1, 0.15) is 0 Å². The van der Waals surface area contributed by atoms with Crippen LogP contribution in [0, 0.1) is 0 Å². The van der Waals surface area contributed by atoms with Gasteiger partial charge < -0.3 is 0 Å². The molecule has 1 aromatic rings. The van der Waals surface area contributed by atoms with E-state index in [1.807, 2.05) is 0 Å². The minimum Gasteiger partial charge on any atom is -0.228 e. The zero-order valence-corrected chi connectivity index (χ0v) is 9.18. The van der Waals surface area contributed by atoms with Gasteiger partial charge in [-0.05, 0) is 12.1 Å². The van der Waals surface area contributed by atoms with Crippen molar-refractivity contribution in [2.24, 2.45) is 0 Å². The molecule has 6 heteroatoms. The summed E-state index contributed by atoms with van der Waals surface area (Å²) < 4.78 is 44.6. The molecule has 0 spiro atoms. The van der Waals surface area contributed by atoms with Crippen LogP contribution in [0.5, 0.6) is 0 Å². The van der Waals surface area contributed by atoms with Gasteiger partial charge in [0.05, 0.1) is 4.90 Å². The lowest BCUT2D eigenvalue weighted by Crippen LogP contribution is -2.15. The first-order valence-corrected chi connectivity index (χ1v) is 7.48. The molecule has 14 heavy (non-hydrogen) atoms. The molecule has 0 aliphatic rings. The monoisotopic (exact) mass is 234 g/mol. The third-order valence-corrected chi connectivity index (χ3v) is 5.42. The molecule has 0 heterocycles. The van der Waals surface area contributed by atoms with Crippen LogP contribution in [0.2, 0.25) is 0 Å². The fourth-order valence-corrected chi connectivity index (χ4v) is 4.35. The minimum absolute atomic E-state index is 0.0328. The Morgan fingerprint density at radius 1 is 1.00 bits per heavy atom. The van der Waals surface area contributed by atoms with Gasteiger partial charge >= 0.3 is 0 Å². The van der Waals surface area contributed by atoms with Gasteiger partial charge in [-0.2, -0.15) is 0 Å². The molecule has 0 amide bonds. The fraction of sp³-hybridized carbons (Fsp3) is 0.250. The Morgan fingerprint density at radius 3 is 1.93 bits per heavy atom. The van der Waals surface area contributed by atoms with Gasteiger partial charge in [0, 0.05) is 6.26 Å². The summed E-state index contributed by atoms with van der Waals surface area (Å²) >= 11 is 0. The number of hydrogen-bond acceptors (Lipinski definition) is 4. The predicted molar refractivity (Wildman–Crippen MR) is 53.3 cm³/mol. The summed E-state index contributed by atoms with van der Waals surface area (Å²) in [5.41, 5.74) is 0. The van der Waals surface area contributed by atoms with Crippen LogP contribution in [0.3, 0.4) is 0 Å². The molecule has 0 aromatic heterocycles. The van der Waals surface area contributed by atoms with Crippen molar-refractivity contribution in [1.29, 1.82) is 0 Å². The molecule has 0 atom stereocenters. The summed E-state index contributed by atoms with van der Waals surface area (Å²) in [6.45, 7) is 0. The normalized spacial score (nSPS) is 12.6. The van der Waals surface area contributed by atoms with E-state index in [0.29, 0.717) is 0 Å². The Hall–Kier alpha value is -0.880. The van der Waals surface area contributed by atoms with Crippen LogP contribution in [-0.2, 0) is 19.7 Å². The van der Waals surface area contributed by atoms with Crippen molar-refractivity contribution in [1.82, 2.24) is 0 Å². The molecular formula is C8H10O4S2. The zero-order valence-electron chi connectivity index (χ0n) is 7.54. The second-order valence-electron chi connectivity index (χ2n) is 2.97. The molecule has 1 aromatic carbocycles. The van der Waals surface area contributed by atoms with Crippen LogP contribution in [0.15, 0.2) is 35.2 Å². The van der Waals surface area contributed by atoms with Crippen LogP contribution in [0.4, 0.5) is 0 Å². The molecule has 78 valence electrons. The van der Waals surface area contributed by atoms with Crippen LogP contribution in [-0.4, -0.2) is 28.2 Å². The summed E-state index contributed by atoms with van der Waals surface area (Å²) in [6, 6.07) is 7.52. The zero-order chi connectivity index (χ0) is 10.8. The summed E-state index contributed by atoms with van der Waals surface area (Å²) in [7, 11) is -7.22. The molecular weight excluding hydrogens is 224 g/mol. The van der Waals surface area contributed by atoms with Crippen molar-refractivity contribution in [3.05, 3.63) is 30.3 Å². The van der Waals surface area contributed by atoms with Gasteiger partial charge in [-0.15, -0.1) is 0 Å². The summed E-state index contributed by atoms with van der Waals surface area (Å²) in [5, 5.41) is -0.843. The van der Waals surface area contributed by atoms with Gasteiger partial charge in [0.25, 0.3) is 0 Å². The van der Waals surface area contributed by atoms with Crippen LogP contribution < -0.4 is 0 Å². The summed E-state index contributed by atoms with van der Waals surface area (Å²) in [6.07, 6.45) is 0.896. The average molecular weight is 234 g/mol. The largest absolute Gasteiger partial charge is 0.228 e. The lowest BCUT2D eigenvalue weighted by Gasteiger charge is -2.01. The Balaban J connectivity index is 3.12. The van der Waals surface area contributed by atoms with Gasteiger partial charge in [0.15, 0.2) is 24.8 Å². The maximum absolute atomic E-state index is 11.5. The molecule has 0 aliphatic carbocycles. The van der Waals surface area contributed by atoms with Gasteiger partial charge in [-0.1, -0.05) is 18.2 Å². The average Bonchev–Trinajstić information content (AvgIpc) is 2.01. The van der Waals surface area contributed by atoms with Crippen molar-refractivity contribution >= 4 is 19.7 Å². The van der Waals surface area contributed by atoms with E-state index in [1.54, 1.807) is 18.2 Å². The molecule has 4 nitrogen and oxygen atoms in total. The second kappa shape index (κ2) is 3.70. The fourth-order valence-electron chi connectivity index (χ4n) is 0.978. The van der Waals surface area contributed by atoms with Gasteiger partial charge in [-0.3, -0.25) is 0 Å². The highest BCUT2D eigenvalue weighted by atomic mass is 32.3. The third-order valence-electron chi connectivity index (χ3n) is 1.47. The molecule has 0 radical (unpaired) electrons. The molecule has 0 unspecified atom stereocenters. The third kappa shape index (κ3) is 3.12. The molecule has 0 saturated heterocycles. The van der Waals surface area contributed by atoms with Gasteiger partial charge in [0.1, 0.15) is 0 Å². The first-order chi connectivity index (χ1) is 6.31. The van der Waals surface area contributed by atoms with Crippen LogP contribution in [0.25, 0.3) is 0 Å². The summed E-state index contributed by atoms with van der Waals surface area (Å²) in [4.78, 5) is 0.0328. The molecule has 0 aliphatic heterocycles. The SMILES string of the molecule is CS(=O)(=O)CS(=O)(=O)c1ccccc1. The van der Waals surface area contributed by atoms with Crippen molar-refractivity contribution in [3.8, 4) is 0 Å². The summed E-state index contributed by atoms with van der Waals surface area (Å²) in [5.74, 6) is 0. The molecule has 0 bridgehead atoms. The highest BCUT2D eigenvalue weighted by Crippen LogP contribution is 2.11. The van der Waals surface area contributed by atoms with E-state index < -0.39 is 24.8 Å². The molecule has 1 rings (SSSR count). The van der Waals surface area contributed by atoms with E-state index in [2.05, 4.69) is 0 Å². The maximum atomic E-state index is 11.5. The second-order valence-corrected chi connectivity index (χ2v) is 7.47. The number of hydrogen-bond donors (Lipinski definition) is 0. The maximum Gasteiger partial charge on any atom is 0.192 e. The molecule has 0 N–H and O–H groups in total. The van der Waals surface area contributed by atoms with Gasteiger partial charge in [0.2, 0.25) is 0 Å². The minimum atomic E-state index is -3.71. The highest BCUT2D eigenvalue weighted by Gasteiger charge is 2.19. The van der Waals surface area contributed by atoms with Gasteiger partial charge in [-0.25, -0.2) is 16.8 Å². The Labute approximate surface area is 83.4 Å². The Bertz CT molecular complexity index is 500. The van der Waals surface area contributed by atoms with Crippen molar-refractivity contribution < 1.29 is 16.8 Å².